The number of amides is 15. The van der Waals surface area contributed by atoms with Gasteiger partial charge in [-0.05, 0) is 116 Å². The van der Waals surface area contributed by atoms with E-state index in [1.165, 1.54) is 65.0 Å². The normalized spacial score (nSPS) is 23.9. The van der Waals surface area contributed by atoms with Crippen LogP contribution in [0, 0.1) is 11.8 Å². The van der Waals surface area contributed by atoms with Gasteiger partial charge in [0.1, 0.15) is 84.3 Å². The van der Waals surface area contributed by atoms with E-state index in [2.05, 4.69) is 52.8 Å². The standard InChI is InChI=1S/C93H123N17O18S/c1-9-10-34-74-92(127)110-43-24-36-73(110)87(122)103-69(50-79(114)115)85(120)105-80(56(4)5)93(128)107(7)75(47-58-27-16-12-17-28-58)88(123)99-65(33-22-41-94)90(125)109-42-23-35-72(109)86(121)102-68(49-61-51-96-64-32-21-20-31-63(61)64)84(119)101-67(45-60-37-39-62(111)40-38-60)83(118)100-66(44-55(2)3)82(117)104-71(81(116)97-52-77(95)112)53-129-54-78(113)98-70(46-57-25-14-11-15-26-57)89(124)108(8)76(91(126)106(74)6)48-59-29-18-13-19-30-59/h11-21,25-32,37-40,51,55-56,65-76,80,96,111H,9-10,22-24,33-36,41-50,52-54,94H2,1-8H3,(H2,95,112)(H,97,116)(H,98,113)(H,99,123)(H,100,118)(H,101,119)(H,102,121)(H,103,122)(H,104,117)(H,105,120)(H,114,115)/t65-,66+,67-,68-,69-,70+,71-,72+,73+,74-,75+,76-,80-/m0/s1. The predicted octanol–water partition coefficient (Wildman–Crippen LogP) is 2.18. The Morgan fingerprint density at radius 2 is 0.992 bits per heavy atom. The number of carboxylic acids is 1. The number of phenolic OH excluding ortho intramolecular Hbond substituents is 1. The number of H-pyrrole nitrogens is 1. The summed E-state index contributed by atoms with van der Waals surface area (Å²) in [6, 6.07) is 20.0. The third kappa shape index (κ3) is 28.4. The van der Waals surface area contributed by atoms with E-state index in [0.717, 1.165) is 16.7 Å². The number of hydrogen-bond donors (Lipinski definition) is 14. The summed E-state index contributed by atoms with van der Waals surface area (Å²) in [6.07, 6.45) is 1.45. The summed E-state index contributed by atoms with van der Waals surface area (Å²) in [4.78, 5) is 247. The Morgan fingerprint density at radius 1 is 0.496 bits per heavy atom. The number of unbranched alkanes of at least 4 members (excludes halogenated alkanes) is 1. The van der Waals surface area contributed by atoms with Crippen LogP contribution in [0.15, 0.2) is 146 Å². The van der Waals surface area contributed by atoms with Gasteiger partial charge in [-0.25, -0.2) is 0 Å². The highest BCUT2D eigenvalue weighted by atomic mass is 32.2. The van der Waals surface area contributed by atoms with Gasteiger partial charge in [-0.2, -0.15) is 0 Å². The second-order valence-electron chi connectivity index (χ2n) is 34.0. The van der Waals surface area contributed by atoms with E-state index in [9.17, 15) is 39.0 Å². The highest BCUT2D eigenvalue weighted by molar-refractivity contribution is 8.00. The highest BCUT2D eigenvalue weighted by Gasteiger charge is 2.46. The minimum absolute atomic E-state index is 0.00515. The molecule has 4 heterocycles. The second kappa shape index (κ2) is 48.4. The molecule has 0 unspecified atom stereocenters. The van der Waals surface area contributed by atoms with Crippen LogP contribution in [0.2, 0.25) is 0 Å². The average molecular weight is 1800 g/mol. The molecule has 9 rings (SSSR count). The molecular formula is C93H123N17O18S. The van der Waals surface area contributed by atoms with Crippen molar-refractivity contribution in [2.24, 2.45) is 23.3 Å². The molecular weight excluding hydrogens is 1680 g/mol. The molecule has 5 aromatic carbocycles. The van der Waals surface area contributed by atoms with Gasteiger partial charge in [0.25, 0.3) is 0 Å². The van der Waals surface area contributed by atoms with Gasteiger partial charge in [0.2, 0.25) is 88.6 Å². The molecule has 1 aromatic heterocycles. The Hall–Kier alpha value is -12.7. The number of thioether (sulfide) groups is 1. The molecule has 36 heteroatoms. The third-order valence-corrected chi connectivity index (χ3v) is 24.5. The number of aromatic nitrogens is 1. The number of carbonyl (C=O) groups is 16. The van der Waals surface area contributed by atoms with Gasteiger partial charge in [-0.1, -0.05) is 169 Å². The van der Waals surface area contributed by atoms with E-state index < -0.39 is 198 Å². The van der Waals surface area contributed by atoms with Gasteiger partial charge < -0.3 is 99.0 Å². The number of likely N-dealkylation sites (N-methyl/N-ethyl adjacent to an activating group) is 3. The molecule has 3 saturated heterocycles. The fourth-order valence-electron chi connectivity index (χ4n) is 16.4. The molecule has 0 radical (unpaired) electrons. The predicted molar refractivity (Wildman–Crippen MR) is 483 cm³/mol. The van der Waals surface area contributed by atoms with Crippen LogP contribution < -0.4 is 59.3 Å². The summed E-state index contributed by atoms with van der Waals surface area (Å²) >= 11 is 0.845. The SMILES string of the molecule is CCCC[C@H]1C(=O)N2CCC[C@@H]2C(=O)N[C@@H](CC(=O)O)C(=O)N[C@@H](C(C)C)C(=O)N(C)[C@H](Cc2ccccc2)C(=O)N[C@@H](CCCN)C(=O)N2CCC[C@@H]2C(=O)N[C@@H](Cc2c[nH]c3ccccc23)C(=O)N[C@@H](Cc2ccc(O)cc2)C(=O)N[C@H](CC(C)C)C(=O)N[C@H](C(=O)NCC(N)=O)CSCC(=O)N[C@H](Cc2ccccc2)C(=O)N(C)[C@@H](Cc2ccccc2)C(=O)N1C. The summed E-state index contributed by atoms with van der Waals surface area (Å²) in [7, 11) is 4.13. The first-order valence-corrected chi connectivity index (χ1v) is 45.1. The second-order valence-corrected chi connectivity index (χ2v) is 35.0. The maximum Gasteiger partial charge on any atom is 0.305 e. The molecule has 13 atom stereocenters. The van der Waals surface area contributed by atoms with E-state index in [1.54, 1.807) is 149 Å². The van der Waals surface area contributed by atoms with E-state index in [4.69, 9.17) is 11.5 Å². The fraction of sp³-hybridized carbons (Fsp3) is 0.484. The smallest absolute Gasteiger partial charge is 0.305 e. The number of aromatic amines is 1. The lowest BCUT2D eigenvalue weighted by molar-refractivity contribution is -0.152. The number of primary amides is 1. The van der Waals surface area contributed by atoms with Gasteiger partial charge in [0, 0.05) is 89.2 Å². The maximum atomic E-state index is 15.7. The Labute approximate surface area is 755 Å². The lowest BCUT2D eigenvalue weighted by Gasteiger charge is -2.38. The fourth-order valence-corrected chi connectivity index (χ4v) is 17.3. The summed E-state index contributed by atoms with van der Waals surface area (Å²) in [5, 5.41) is 46.0. The molecule has 0 bridgehead atoms. The number of phenols is 1. The first-order valence-electron chi connectivity index (χ1n) is 44.0. The van der Waals surface area contributed by atoms with Crippen LogP contribution in [0.1, 0.15) is 133 Å². The summed E-state index contributed by atoms with van der Waals surface area (Å²) in [5.41, 5.74) is 15.0. The van der Waals surface area contributed by atoms with Crippen molar-refractivity contribution in [2.75, 3.05) is 58.8 Å². The molecule has 15 amide bonds. The van der Waals surface area contributed by atoms with Crippen molar-refractivity contribution in [3.05, 3.63) is 174 Å². The molecule has 6 aromatic rings. The van der Waals surface area contributed by atoms with Crippen LogP contribution >= 0.6 is 11.8 Å². The van der Waals surface area contributed by atoms with Gasteiger partial charge in [0.05, 0.1) is 18.7 Å². The largest absolute Gasteiger partial charge is 0.508 e. The summed E-state index contributed by atoms with van der Waals surface area (Å²) < 4.78 is 0. The molecule has 0 saturated carbocycles. The third-order valence-electron chi connectivity index (χ3n) is 23.5. The lowest BCUT2D eigenvalue weighted by atomic mass is 9.98. The zero-order valence-electron chi connectivity index (χ0n) is 74.3. The van der Waals surface area contributed by atoms with Crippen molar-refractivity contribution in [3.63, 3.8) is 0 Å². The van der Waals surface area contributed by atoms with Crippen LogP contribution in [0.4, 0.5) is 0 Å². The summed E-state index contributed by atoms with van der Waals surface area (Å²) in [5.74, 6) is -16.3. The van der Waals surface area contributed by atoms with Crippen LogP contribution in [0.25, 0.3) is 10.9 Å². The number of rotatable bonds is 24. The van der Waals surface area contributed by atoms with Crippen molar-refractivity contribution in [2.45, 2.75) is 216 Å². The lowest BCUT2D eigenvalue weighted by Crippen LogP contribution is -2.62. The Balaban J connectivity index is 1.12. The number of para-hydroxylation sites is 1. The van der Waals surface area contributed by atoms with Crippen molar-refractivity contribution in [3.8, 4) is 5.75 Å². The Morgan fingerprint density at radius 3 is 1.57 bits per heavy atom. The number of aliphatic carboxylic acids is 1. The number of carboxylic acid groups (broad SMARTS) is 1. The van der Waals surface area contributed by atoms with Crippen LogP contribution in [0.3, 0.4) is 0 Å². The molecule has 129 heavy (non-hydrogen) atoms. The number of carbonyl (C=O) groups excluding carboxylic acids is 15. The maximum absolute atomic E-state index is 15.7. The number of benzene rings is 5. The van der Waals surface area contributed by atoms with Gasteiger partial charge >= 0.3 is 5.97 Å². The number of aromatic hydroxyl groups is 1. The average Bonchev–Trinajstić information content (AvgIpc) is 1.67. The number of nitrogens with one attached hydrogen (secondary N) is 10. The zero-order valence-corrected chi connectivity index (χ0v) is 75.1. The molecule has 3 fully saturated rings. The molecule has 3 aliphatic heterocycles. The van der Waals surface area contributed by atoms with E-state index in [0.29, 0.717) is 51.6 Å². The van der Waals surface area contributed by atoms with Gasteiger partial charge in [-0.3, -0.25) is 76.7 Å². The summed E-state index contributed by atoms with van der Waals surface area (Å²) in [6.45, 7) is 7.95. The number of fused-ring (bicyclic) bond motifs is 3. The molecule has 3 aliphatic rings. The Kier molecular flexibility index (Phi) is 37.6. The van der Waals surface area contributed by atoms with Crippen molar-refractivity contribution >= 4 is 117 Å². The number of hydrogen-bond acceptors (Lipinski definition) is 19. The minimum Gasteiger partial charge on any atom is -0.508 e. The molecule has 16 N–H and O–H groups in total. The van der Waals surface area contributed by atoms with Gasteiger partial charge in [-0.15, -0.1) is 11.8 Å². The monoisotopic (exact) mass is 1800 g/mol. The van der Waals surface area contributed by atoms with Gasteiger partial charge in [0.15, 0.2) is 0 Å². The zero-order chi connectivity index (χ0) is 93.7. The van der Waals surface area contributed by atoms with Crippen LogP contribution in [-0.4, -0.2) is 272 Å². The van der Waals surface area contributed by atoms with Crippen LogP contribution in [0.5, 0.6) is 5.75 Å². The molecule has 0 spiro atoms. The first kappa shape index (κ1) is 100. The Bertz CT molecular complexity index is 4910. The van der Waals surface area contributed by atoms with Crippen molar-refractivity contribution < 1.29 is 86.9 Å². The van der Waals surface area contributed by atoms with E-state index >= 15 is 47.9 Å². The minimum atomic E-state index is -1.87. The van der Waals surface area contributed by atoms with E-state index in [1.807, 2.05) is 6.92 Å². The number of nitrogens with zero attached hydrogens (tertiary/aromatic N) is 5. The molecule has 35 nitrogen and oxygen atoms in total. The quantitative estimate of drug-likeness (QED) is 0.0413. The van der Waals surface area contributed by atoms with E-state index in [-0.39, 0.29) is 121 Å². The van der Waals surface area contributed by atoms with Crippen molar-refractivity contribution in [1.29, 1.82) is 0 Å². The topological polar surface area (TPSA) is 506 Å². The highest BCUT2D eigenvalue weighted by Crippen LogP contribution is 2.28. The number of nitrogens with two attached hydrogens (primary N) is 2. The molecule has 694 valence electrons. The van der Waals surface area contributed by atoms with Crippen molar-refractivity contribution in [1.82, 2.24) is 77.3 Å². The molecule has 0 aliphatic carbocycles. The van der Waals surface area contributed by atoms with Crippen LogP contribution in [-0.2, 0) is 109 Å². The first-order chi connectivity index (χ1) is 61.6.